The Kier molecular flexibility index (Phi) is 7.52. The van der Waals surface area contributed by atoms with E-state index in [1.807, 2.05) is 43.0 Å². The molecular formula is C23H26N2O4S. The molecule has 2 aromatic rings. The molecule has 1 saturated heterocycles. The lowest BCUT2D eigenvalue weighted by atomic mass is 10.1. The molecule has 1 aliphatic rings. The van der Waals surface area contributed by atoms with Crippen LogP contribution in [0.2, 0.25) is 0 Å². The van der Waals surface area contributed by atoms with Crippen molar-refractivity contribution in [2.45, 2.75) is 31.6 Å². The molecule has 1 aliphatic heterocycles. The molecule has 1 N–H and O–H groups in total. The lowest BCUT2D eigenvalue weighted by Gasteiger charge is -2.15. The Balaban J connectivity index is 1.54. The molecular weight excluding hydrogens is 400 g/mol. The van der Waals surface area contributed by atoms with Crippen molar-refractivity contribution in [1.29, 1.82) is 0 Å². The van der Waals surface area contributed by atoms with Crippen LogP contribution in [-0.4, -0.2) is 48.1 Å². The molecule has 6 nitrogen and oxygen atoms in total. The first-order valence-electron chi connectivity index (χ1n) is 9.98. The van der Waals surface area contributed by atoms with Gasteiger partial charge in [0.25, 0.3) is 5.91 Å². The monoisotopic (exact) mass is 426 g/mol. The molecule has 30 heavy (non-hydrogen) atoms. The van der Waals surface area contributed by atoms with E-state index >= 15 is 0 Å². The molecule has 0 bridgehead atoms. The van der Waals surface area contributed by atoms with Gasteiger partial charge in [-0.05, 0) is 50.5 Å². The van der Waals surface area contributed by atoms with Crippen LogP contribution in [0.1, 0.15) is 34.3 Å². The van der Waals surface area contributed by atoms with E-state index in [0.29, 0.717) is 16.1 Å². The van der Waals surface area contributed by atoms with Gasteiger partial charge in [0, 0.05) is 23.7 Å². The number of thioether (sulfide) groups is 1. The maximum absolute atomic E-state index is 12.5. The number of hydrogen-bond donors (Lipinski definition) is 1. The van der Waals surface area contributed by atoms with Crippen molar-refractivity contribution in [3.8, 4) is 0 Å². The van der Waals surface area contributed by atoms with Crippen molar-refractivity contribution in [2.75, 3.05) is 30.8 Å². The normalized spacial score (nSPS) is 13.2. The summed E-state index contributed by atoms with van der Waals surface area (Å²) >= 11 is 1.32. The number of carbonyl (C=O) groups excluding carboxylic acids is 3. The van der Waals surface area contributed by atoms with Gasteiger partial charge in [-0.15, -0.1) is 11.8 Å². The summed E-state index contributed by atoms with van der Waals surface area (Å²) in [5.41, 5.74) is 3.10. The van der Waals surface area contributed by atoms with Crippen LogP contribution in [0.15, 0.2) is 47.4 Å². The second-order valence-electron chi connectivity index (χ2n) is 7.32. The highest BCUT2D eigenvalue weighted by Crippen LogP contribution is 2.24. The number of benzene rings is 2. The van der Waals surface area contributed by atoms with Gasteiger partial charge >= 0.3 is 5.97 Å². The fraction of sp³-hybridized carbons (Fsp3) is 0.348. The number of carbonyl (C=O) groups is 3. The van der Waals surface area contributed by atoms with Gasteiger partial charge in [0.2, 0.25) is 5.91 Å². The fourth-order valence-electron chi connectivity index (χ4n) is 3.31. The molecule has 3 rings (SSSR count). The highest BCUT2D eigenvalue weighted by Gasteiger charge is 2.20. The summed E-state index contributed by atoms with van der Waals surface area (Å²) < 4.78 is 5.21. The third-order valence-corrected chi connectivity index (χ3v) is 5.97. The lowest BCUT2D eigenvalue weighted by molar-refractivity contribution is -0.127. The van der Waals surface area contributed by atoms with Crippen molar-refractivity contribution >= 4 is 35.2 Å². The SMILES string of the molecule is Cc1ccc(NC(=O)COC(=O)c2ccccc2SCC(=O)N2CCCC2)c(C)c1. The molecule has 7 heteroatoms. The van der Waals surface area contributed by atoms with Gasteiger partial charge in [-0.3, -0.25) is 9.59 Å². The molecule has 0 atom stereocenters. The van der Waals surface area contributed by atoms with E-state index in [0.717, 1.165) is 37.1 Å². The smallest absolute Gasteiger partial charge is 0.339 e. The summed E-state index contributed by atoms with van der Waals surface area (Å²) in [5.74, 6) is -0.627. The summed E-state index contributed by atoms with van der Waals surface area (Å²) in [5, 5.41) is 2.76. The molecule has 1 fully saturated rings. The minimum absolute atomic E-state index is 0.0773. The Bertz CT molecular complexity index is 939. The Hall–Kier alpha value is -2.80. The van der Waals surface area contributed by atoms with Gasteiger partial charge in [-0.25, -0.2) is 4.79 Å². The number of likely N-dealkylation sites (tertiary alicyclic amines) is 1. The Morgan fingerprint density at radius 1 is 1.07 bits per heavy atom. The molecule has 0 unspecified atom stereocenters. The summed E-state index contributed by atoms with van der Waals surface area (Å²) in [4.78, 5) is 39.5. The van der Waals surface area contributed by atoms with Crippen LogP contribution in [0.4, 0.5) is 5.69 Å². The zero-order valence-electron chi connectivity index (χ0n) is 17.3. The molecule has 0 saturated carbocycles. The van der Waals surface area contributed by atoms with E-state index in [1.165, 1.54) is 11.8 Å². The molecule has 2 amide bonds. The molecule has 0 radical (unpaired) electrons. The van der Waals surface area contributed by atoms with Crippen LogP contribution in [0.3, 0.4) is 0 Å². The molecule has 158 valence electrons. The van der Waals surface area contributed by atoms with E-state index in [-0.39, 0.29) is 18.3 Å². The Morgan fingerprint density at radius 2 is 1.80 bits per heavy atom. The van der Waals surface area contributed by atoms with E-state index in [1.54, 1.807) is 18.2 Å². The van der Waals surface area contributed by atoms with Gasteiger partial charge in [0.1, 0.15) is 0 Å². The van der Waals surface area contributed by atoms with Gasteiger partial charge in [-0.1, -0.05) is 29.8 Å². The summed E-state index contributed by atoms with van der Waals surface area (Å²) in [7, 11) is 0. The number of hydrogen-bond acceptors (Lipinski definition) is 5. The summed E-state index contributed by atoms with van der Waals surface area (Å²) in [6, 6.07) is 12.7. The summed E-state index contributed by atoms with van der Waals surface area (Å²) in [6.07, 6.45) is 2.09. The zero-order chi connectivity index (χ0) is 21.5. The minimum atomic E-state index is -0.581. The third kappa shape index (κ3) is 5.86. The fourth-order valence-corrected chi connectivity index (χ4v) is 4.25. The van der Waals surface area contributed by atoms with Crippen LogP contribution in [-0.2, 0) is 14.3 Å². The topological polar surface area (TPSA) is 75.7 Å². The average molecular weight is 427 g/mol. The van der Waals surface area contributed by atoms with E-state index in [2.05, 4.69) is 5.32 Å². The van der Waals surface area contributed by atoms with Crippen LogP contribution >= 0.6 is 11.8 Å². The molecule has 0 aromatic heterocycles. The molecule has 0 aliphatic carbocycles. The van der Waals surface area contributed by atoms with Gasteiger partial charge in [0.05, 0.1) is 11.3 Å². The van der Waals surface area contributed by atoms with Gasteiger partial charge < -0.3 is 15.0 Å². The number of esters is 1. The molecule has 0 spiro atoms. The van der Waals surface area contributed by atoms with Crippen molar-refractivity contribution in [2.24, 2.45) is 0 Å². The van der Waals surface area contributed by atoms with Gasteiger partial charge in [-0.2, -0.15) is 0 Å². The molecule has 1 heterocycles. The largest absolute Gasteiger partial charge is 0.452 e. The Morgan fingerprint density at radius 3 is 2.53 bits per heavy atom. The maximum atomic E-state index is 12.5. The first-order valence-corrected chi connectivity index (χ1v) is 11.0. The second kappa shape index (κ2) is 10.3. The standard InChI is InChI=1S/C23H26N2O4S/c1-16-9-10-19(17(2)13-16)24-21(26)14-29-23(28)18-7-3-4-8-20(18)30-15-22(27)25-11-5-6-12-25/h3-4,7-10,13H,5-6,11-12,14-15H2,1-2H3,(H,24,26). The maximum Gasteiger partial charge on any atom is 0.339 e. The van der Waals surface area contributed by atoms with Crippen molar-refractivity contribution in [3.05, 3.63) is 59.2 Å². The quantitative estimate of drug-likeness (QED) is 0.538. The number of rotatable bonds is 7. The zero-order valence-corrected chi connectivity index (χ0v) is 18.1. The number of aryl methyl sites for hydroxylation is 2. The predicted molar refractivity (Wildman–Crippen MR) is 118 cm³/mol. The third-order valence-electron chi connectivity index (χ3n) is 4.91. The first-order chi connectivity index (χ1) is 14.4. The van der Waals surface area contributed by atoms with Crippen molar-refractivity contribution in [1.82, 2.24) is 4.90 Å². The van der Waals surface area contributed by atoms with Crippen LogP contribution in [0.25, 0.3) is 0 Å². The highest BCUT2D eigenvalue weighted by molar-refractivity contribution is 8.00. The average Bonchev–Trinajstić information content (AvgIpc) is 3.27. The van der Waals surface area contributed by atoms with Gasteiger partial charge in [0.15, 0.2) is 6.61 Å². The summed E-state index contributed by atoms with van der Waals surface area (Å²) in [6.45, 7) is 5.12. The van der Waals surface area contributed by atoms with E-state index in [9.17, 15) is 14.4 Å². The first kappa shape index (κ1) is 21.9. The number of ether oxygens (including phenoxy) is 1. The van der Waals surface area contributed by atoms with Crippen LogP contribution in [0, 0.1) is 13.8 Å². The van der Waals surface area contributed by atoms with Crippen LogP contribution < -0.4 is 5.32 Å². The van der Waals surface area contributed by atoms with E-state index < -0.39 is 11.9 Å². The second-order valence-corrected chi connectivity index (χ2v) is 8.33. The Labute approximate surface area is 181 Å². The van der Waals surface area contributed by atoms with E-state index in [4.69, 9.17) is 4.74 Å². The number of nitrogens with zero attached hydrogens (tertiary/aromatic N) is 1. The predicted octanol–water partition coefficient (Wildman–Crippen LogP) is 3.81. The van der Waals surface area contributed by atoms with Crippen molar-refractivity contribution < 1.29 is 19.1 Å². The number of amides is 2. The van der Waals surface area contributed by atoms with Crippen molar-refractivity contribution in [3.63, 3.8) is 0 Å². The number of nitrogens with one attached hydrogen (secondary N) is 1. The lowest BCUT2D eigenvalue weighted by Crippen LogP contribution is -2.29. The highest BCUT2D eigenvalue weighted by atomic mass is 32.2. The minimum Gasteiger partial charge on any atom is -0.452 e. The molecule has 2 aromatic carbocycles. The number of anilines is 1. The van der Waals surface area contributed by atoms with Crippen LogP contribution in [0.5, 0.6) is 0 Å².